The molecule has 0 aliphatic carbocycles. The summed E-state index contributed by atoms with van der Waals surface area (Å²) in [6, 6.07) is 0. The Kier molecular flexibility index (Phi) is 6.98. The molecule has 2 N–H and O–H groups in total. The highest BCUT2D eigenvalue weighted by Gasteiger charge is 2.13. The van der Waals surface area contributed by atoms with Gasteiger partial charge in [-0.25, -0.2) is 0 Å². The van der Waals surface area contributed by atoms with Crippen molar-refractivity contribution in [3.05, 3.63) is 0 Å². The third-order valence-electron chi connectivity index (χ3n) is 3.34. The molecule has 0 radical (unpaired) electrons. The van der Waals surface area contributed by atoms with Gasteiger partial charge in [0.15, 0.2) is 0 Å². The van der Waals surface area contributed by atoms with Gasteiger partial charge >= 0.3 is 0 Å². The first-order chi connectivity index (χ1) is 7.36. The van der Waals surface area contributed by atoms with E-state index in [1.165, 1.54) is 19.3 Å². The zero-order valence-electron chi connectivity index (χ0n) is 9.87. The number of rotatable bonds is 7. The van der Waals surface area contributed by atoms with Crippen LogP contribution in [0.3, 0.4) is 0 Å². The highest BCUT2D eigenvalue weighted by molar-refractivity contribution is 4.66. The van der Waals surface area contributed by atoms with Gasteiger partial charge in [0.05, 0.1) is 0 Å². The quantitative estimate of drug-likeness (QED) is 0.631. The summed E-state index contributed by atoms with van der Waals surface area (Å²) in [5.41, 5.74) is 0. The Hall–Kier alpha value is -0.120. The van der Waals surface area contributed by atoms with Crippen LogP contribution in [0.15, 0.2) is 0 Å². The molecule has 1 atom stereocenters. The van der Waals surface area contributed by atoms with E-state index in [2.05, 4.69) is 12.2 Å². The number of aliphatic hydroxyl groups is 1. The molecular formula is C12H25NO2. The second-order valence-electron chi connectivity index (χ2n) is 4.51. The maximum absolute atomic E-state index is 9.02. The number of hydrogen-bond acceptors (Lipinski definition) is 3. The van der Waals surface area contributed by atoms with Crippen LogP contribution in [0.1, 0.15) is 32.6 Å². The molecule has 1 fully saturated rings. The van der Waals surface area contributed by atoms with E-state index < -0.39 is 0 Å². The topological polar surface area (TPSA) is 41.5 Å². The van der Waals surface area contributed by atoms with Crippen molar-refractivity contribution in [2.45, 2.75) is 32.6 Å². The fourth-order valence-corrected chi connectivity index (χ4v) is 1.99. The van der Waals surface area contributed by atoms with Crippen LogP contribution < -0.4 is 5.32 Å². The molecule has 0 spiro atoms. The molecule has 15 heavy (non-hydrogen) atoms. The first-order valence-electron chi connectivity index (χ1n) is 6.26. The Labute approximate surface area is 93.2 Å². The second kappa shape index (κ2) is 8.08. The van der Waals surface area contributed by atoms with Gasteiger partial charge in [-0.05, 0) is 44.1 Å². The summed E-state index contributed by atoms with van der Waals surface area (Å²) in [6.45, 7) is 6.36. The molecule has 3 nitrogen and oxygen atoms in total. The maximum atomic E-state index is 9.02. The lowest BCUT2D eigenvalue weighted by Gasteiger charge is -2.22. The van der Waals surface area contributed by atoms with Crippen LogP contribution in [-0.2, 0) is 4.74 Å². The van der Waals surface area contributed by atoms with Crippen molar-refractivity contribution in [3.63, 3.8) is 0 Å². The first kappa shape index (κ1) is 12.9. The number of aliphatic hydroxyl groups excluding tert-OH is 1. The minimum Gasteiger partial charge on any atom is -0.396 e. The number of nitrogens with one attached hydrogen (secondary N) is 1. The summed E-state index contributed by atoms with van der Waals surface area (Å²) < 4.78 is 5.33. The summed E-state index contributed by atoms with van der Waals surface area (Å²) in [7, 11) is 0. The molecule has 0 saturated carbocycles. The van der Waals surface area contributed by atoms with Crippen molar-refractivity contribution in [1.29, 1.82) is 0 Å². The molecule has 90 valence electrons. The van der Waals surface area contributed by atoms with E-state index in [0.717, 1.165) is 38.6 Å². The van der Waals surface area contributed by atoms with E-state index in [1.54, 1.807) is 0 Å². The lowest BCUT2D eigenvalue weighted by atomic mass is 9.96. The molecule has 0 aromatic heterocycles. The molecule has 1 saturated heterocycles. The SMILES string of the molecule is CCC(CO)CNCCC1CCOCC1. The van der Waals surface area contributed by atoms with Gasteiger partial charge in [0, 0.05) is 26.4 Å². The van der Waals surface area contributed by atoms with Gasteiger partial charge in [-0.3, -0.25) is 0 Å². The lowest BCUT2D eigenvalue weighted by molar-refractivity contribution is 0.0638. The van der Waals surface area contributed by atoms with Crippen molar-refractivity contribution in [3.8, 4) is 0 Å². The number of hydrogen-bond donors (Lipinski definition) is 2. The summed E-state index contributed by atoms with van der Waals surface area (Å²) in [5, 5.41) is 12.5. The monoisotopic (exact) mass is 215 g/mol. The van der Waals surface area contributed by atoms with Crippen molar-refractivity contribution in [2.24, 2.45) is 11.8 Å². The summed E-state index contributed by atoms with van der Waals surface area (Å²) >= 11 is 0. The smallest absolute Gasteiger partial charge is 0.0471 e. The maximum Gasteiger partial charge on any atom is 0.0471 e. The average molecular weight is 215 g/mol. The Bertz CT molecular complexity index is 143. The molecule has 0 aromatic rings. The third kappa shape index (κ3) is 5.50. The summed E-state index contributed by atoms with van der Waals surface area (Å²) in [4.78, 5) is 0. The van der Waals surface area contributed by atoms with Gasteiger partial charge in [0.25, 0.3) is 0 Å². The molecule has 1 unspecified atom stereocenters. The van der Waals surface area contributed by atoms with Crippen LogP contribution in [0.2, 0.25) is 0 Å². The minimum absolute atomic E-state index is 0.306. The molecule has 1 heterocycles. The fourth-order valence-electron chi connectivity index (χ4n) is 1.99. The largest absolute Gasteiger partial charge is 0.396 e. The Balaban J connectivity index is 1.95. The van der Waals surface area contributed by atoms with E-state index in [4.69, 9.17) is 9.84 Å². The standard InChI is InChI=1S/C12H25NO2/c1-2-11(10-14)9-13-6-3-12-4-7-15-8-5-12/h11-14H,2-10H2,1H3. The zero-order chi connectivity index (χ0) is 10.9. The summed E-state index contributed by atoms with van der Waals surface area (Å²) in [6.07, 6.45) is 4.75. The van der Waals surface area contributed by atoms with E-state index >= 15 is 0 Å². The van der Waals surface area contributed by atoms with Crippen LogP contribution in [0.5, 0.6) is 0 Å². The predicted molar refractivity (Wildman–Crippen MR) is 61.9 cm³/mol. The molecule has 0 aromatic carbocycles. The Morgan fingerprint density at radius 3 is 2.73 bits per heavy atom. The third-order valence-corrected chi connectivity index (χ3v) is 3.34. The Morgan fingerprint density at radius 1 is 1.40 bits per heavy atom. The van der Waals surface area contributed by atoms with Gasteiger partial charge in [-0.1, -0.05) is 6.92 Å². The van der Waals surface area contributed by atoms with Gasteiger partial charge in [0.2, 0.25) is 0 Å². The van der Waals surface area contributed by atoms with Gasteiger partial charge in [0.1, 0.15) is 0 Å². The highest BCUT2D eigenvalue weighted by Crippen LogP contribution is 2.17. The van der Waals surface area contributed by atoms with E-state index in [-0.39, 0.29) is 0 Å². The van der Waals surface area contributed by atoms with Crippen molar-refractivity contribution < 1.29 is 9.84 Å². The minimum atomic E-state index is 0.306. The Morgan fingerprint density at radius 2 is 2.13 bits per heavy atom. The van der Waals surface area contributed by atoms with Gasteiger partial charge in [-0.2, -0.15) is 0 Å². The average Bonchev–Trinajstić information content (AvgIpc) is 2.31. The molecular weight excluding hydrogens is 190 g/mol. The molecule has 1 aliphatic rings. The van der Waals surface area contributed by atoms with Crippen molar-refractivity contribution in [2.75, 3.05) is 32.9 Å². The summed E-state index contributed by atoms with van der Waals surface area (Å²) in [5.74, 6) is 1.28. The van der Waals surface area contributed by atoms with E-state index in [9.17, 15) is 0 Å². The number of ether oxygens (including phenoxy) is 1. The fraction of sp³-hybridized carbons (Fsp3) is 1.00. The van der Waals surface area contributed by atoms with Crippen LogP contribution in [0.25, 0.3) is 0 Å². The molecule has 0 bridgehead atoms. The van der Waals surface area contributed by atoms with Crippen LogP contribution in [0.4, 0.5) is 0 Å². The van der Waals surface area contributed by atoms with Crippen molar-refractivity contribution in [1.82, 2.24) is 5.32 Å². The van der Waals surface area contributed by atoms with Crippen LogP contribution >= 0.6 is 0 Å². The molecule has 1 aliphatic heterocycles. The van der Waals surface area contributed by atoms with Crippen LogP contribution in [0, 0.1) is 11.8 Å². The first-order valence-corrected chi connectivity index (χ1v) is 6.26. The van der Waals surface area contributed by atoms with Gasteiger partial charge in [-0.15, -0.1) is 0 Å². The second-order valence-corrected chi connectivity index (χ2v) is 4.51. The van der Waals surface area contributed by atoms with Crippen molar-refractivity contribution >= 4 is 0 Å². The molecule has 3 heteroatoms. The molecule has 0 amide bonds. The highest BCUT2D eigenvalue weighted by atomic mass is 16.5. The predicted octanol–water partition coefficient (Wildman–Crippen LogP) is 1.41. The zero-order valence-corrected chi connectivity index (χ0v) is 9.87. The van der Waals surface area contributed by atoms with Crippen LogP contribution in [-0.4, -0.2) is 38.0 Å². The van der Waals surface area contributed by atoms with E-state index in [1.807, 2.05) is 0 Å². The van der Waals surface area contributed by atoms with E-state index in [0.29, 0.717) is 12.5 Å². The normalized spacial score (nSPS) is 20.4. The lowest BCUT2D eigenvalue weighted by Crippen LogP contribution is -2.28. The molecule has 1 rings (SSSR count). The van der Waals surface area contributed by atoms with Gasteiger partial charge < -0.3 is 15.2 Å².